The standard InChI is InChI=1S/C27H43N7O4/c1-17(2)16-34(19-11-18(12-28-13-19)22-20(25(36)37)15-31-33(22)6)24(35)21-14-30-26(27(3,4)5)32-23(21)29-9-8-10-38-7/h14-15,17-19,28H,8-13,16H2,1-7H3,(H,36,37)(H,29,30,32)/t18-,19+/m1/s1. The molecule has 38 heavy (non-hydrogen) atoms. The van der Waals surface area contributed by atoms with E-state index in [1.54, 1.807) is 25.0 Å². The summed E-state index contributed by atoms with van der Waals surface area (Å²) in [6, 6.07) is -0.135. The van der Waals surface area contributed by atoms with Gasteiger partial charge in [-0.2, -0.15) is 5.10 Å². The molecule has 11 heteroatoms. The fourth-order valence-electron chi connectivity index (χ4n) is 4.86. The summed E-state index contributed by atoms with van der Waals surface area (Å²) in [7, 11) is 3.43. The van der Waals surface area contributed by atoms with E-state index in [1.807, 2.05) is 25.7 Å². The number of hydrogen-bond acceptors (Lipinski definition) is 8. The molecule has 0 radical (unpaired) electrons. The first-order valence-electron chi connectivity index (χ1n) is 13.3. The van der Waals surface area contributed by atoms with Crippen LogP contribution >= 0.6 is 0 Å². The van der Waals surface area contributed by atoms with Gasteiger partial charge >= 0.3 is 5.97 Å². The smallest absolute Gasteiger partial charge is 0.339 e. The summed E-state index contributed by atoms with van der Waals surface area (Å²) in [6.07, 6.45) is 4.44. The number of aromatic nitrogens is 4. The van der Waals surface area contributed by atoms with Gasteiger partial charge in [0.2, 0.25) is 0 Å². The lowest BCUT2D eigenvalue weighted by Crippen LogP contribution is -2.52. The van der Waals surface area contributed by atoms with E-state index in [0.717, 1.165) is 6.42 Å². The number of carbonyl (C=O) groups excluding carboxylic acids is 1. The highest BCUT2D eigenvalue weighted by Gasteiger charge is 2.35. The predicted molar refractivity (Wildman–Crippen MR) is 146 cm³/mol. The minimum atomic E-state index is -0.995. The highest BCUT2D eigenvalue weighted by molar-refractivity contribution is 5.98. The van der Waals surface area contributed by atoms with Gasteiger partial charge in [0, 0.05) is 70.5 Å². The molecule has 0 unspecified atom stereocenters. The molecule has 1 amide bonds. The van der Waals surface area contributed by atoms with Crippen molar-refractivity contribution in [1.29, 1.82) is 0 Å². The molecule has 2 aromatic heterocycles. The van der Waals surface area contributed by atoms with Crippen LogP contribution in [0.25, 0.3) is 0 Å². The normalized spacial score (nSPS) is 18.0. The third-order valence-electron chi connectivity index (χ3n) is 6.70. The number of nitrogens with zero attached hydrogens (tertiary/aromatic N) is 5. The van der Waals surface area contributed by atoms with Crippen LogP contribution in [-0.2, 0) is 17.2 Å². The van der Waals surface area contributed by atoms with Gasteiger partial charge in [-0.15, -0.1) is 0 Å². The first-order valence-corrected chi connectivity index (χ1v) is 13.3. The minimum Gasteiger partial charge on any atom is -0.478 e. The van der Waals surface area contributed by atoms with Gasteiger partial charge in [0.15, 0.2) is 0 Å². The van der Waals surface area contributed by atoms with Crippen LogP contribution in [0.15, 0.2) is 12.4 Å². The Kier molecular flexibility index (Phi) is 9.83. The average molecular weight is 530 g/mol. The molecule has 2 aromatic rings. The van der Waals surface area contributed by atoms with Crippen molar-refractivity contribution in [3.63, 3.8) is 0 Å². The highest BCUT2D eigenvalue weighted by Crippen LogP contribution is 2.30. The number of rotatable bonds is 11. The number of anilines is 1. The van der Waals surface area contributed by atoms with Gasteiger partial charge in [-0.1, -0.05) is 34.6 Å². The summed E-state index contributed by atoms with van der Waals surface area (Å²) in [4.78, 5) is 37.2. The molecular weight excluding hydrogens is 486 g/mol. The number of carbonyl (C=O) groups is 2. The molecule has 2 atom stereocenters. The largest absolute Gasteiger partial charge is 0.478 e. The summed E-state index contributed by atoms with van der Waals surface area (Å²) >= 11 is 0. The third-order valence-corrected chi connectivity index (χ3v) is 6.70. The zero-order valence-corrected chi connectivity index (χ0v) is 23.7. The molecule has 1 saturated heterocycles. The van der Waals surface area contributed by atoms with Crippen molar-refractivity contribution >= 4 is 17.7 Å². The van der Waals surface area contributed by atoms with E-state index in [-0.39, 0.29) is 34.8 Å². The zero-order chi connectivity index (χ0) is 28.0. The Morgan fingerprint density at radius 3 is 2.63 bits per heavy atom. The molecule has 1 fully saturated rings. The molecular formula is C27H43N7O4. The number of amides is 1. The van der Waals surface area contributed by atoms with Gasteiger partial charge in [-0.25, -0.2) is 14.8 Å². The van der Waals surface area contributed by atoms with Crippen molar-refractivity contribution < 1.29 is 19.4 Å². The maximum Gasteiger partial charge on any atom is 0.339 e. The van der Waals surface area contributed by atoms with Gasteiger partial charge in [-0.3, -0.25) is 9.48 Å². The van der Waals surface area contributed by atoms with Gasteiger partial charge < -0.3 is 25.4 Å². The molecule has 0 aliphatic carbocycles. The van der Waals surface area contributed by atoms with E-state index in [4.69, 9.17) is 9.72 Å². The van der Waals surface area contributed by atoms with Crippen LogP contribution in [0, 0.1) is 5.92 Å². The van der Waals surface area contributed by atoms with Crippen molar-refractivity contribution in [2.24, 2.45) is 13.0 Å². The van der Waals surface area contributed by atoms with Crippen molar-refractivity contribution in [1.82, 2.24) is 30.0 Å². The molecule has 3 N–H and O–H groups in total. The number of hydrogen-bond donors (Lipinski definition) is 3. The number of carboxylic acids is 1. The van der Waals surface area contributed by atoms with Crippen LogP contribution in [0.4, 0.5) is 5.82 Å². The SMILES string of the molecule is COCCCNc1nc(C(C)(C)C)ncc1C(=O)N(CC(C)C)[C@@H]1CNC[C@H](c2c(C(=O)O)cnn2C)C1. The minimum absolute atomic E-state index is 0.0963. The number of methoxy groups -OCH3 is 1. The van der Waals surface area contributed by atoms with Gasteiger partial charge in [0.05, 0.1) is 11.9 Å². The zero-order valence-electron chi connectivity index (χ0n) is 23.7. The first-order chi connectivity index (χ1) is 17.9. The summed E-state index contributed by atoms with van der Waals surface area (Å²) in [5, 5.41) is 20.6. The maximum atomic E-state index is 14.1. The lowest BCUT2D eigenvalue weighted by atomic mass is 9.89. The van der Waals surface area contributed by atoms with Crippen molar-refractivity contribution in [2.45, 2.75) is 64.8 Å². The van der Waals surface area contributed by atoms with E-state index >= 15 is 0 Å². The fourth-order valence-corrected chi connectivity index (χ4v) is 4.86. The Bertz CT molecular complexity index is 1110. The number of piperidine rings is 1. The summed E-state index contributed by atoms with van der Waals surface area (Å²) in [5.74, 6) is 0.199. The molecule has 11 nitrogen and oxygen atoms in total. The second kappa shape index (κ2) is 12.7. The molecule has 0 aromatic carbocycles. The molecule has 3 rings (SSSR count). The Labute approximate surface area is 225 Å². The second-order valence-electron chi connectivity index (χ2n) is 11.4. The van der Waals surface area contributed by atoms with Crippen LogP contribution in [0.2, 0.25) is 0 Å². The molecule has 210 valence electrons. The molecule has 3 heterocycles. The van der Waals surface area contributed by atoms with Gasteiger partial charge in [0.1, 0.15) is 22.8 Å². The molecule has 0 spiro atoms. The first kappa shape index (κ1) is 29.5. The summed E-state index contributed by atoms with van der Waals surface area (Å²) < 4.78 is 6.80. The summed E-state index contributed by atoms with van der Waals surface area (Å²) in [6.45, 7) is 13.3. The lowest BCUT2D eigenvalue weighted by Gasteiger charge is -2.39. The Morgan fingerprint density at radius 2 is 2.00 bits per heavy atom. The fraction of sp³-hybridized carbons (Fsp3) is 0.667. The van der Waals surface area contributed by atoms with E-state index < -0.39 is 5.97 Å². The van der Waals surface area contributed by atoms with Crippen LogP contribution < -0.4 is 10.6 Å². The number of carboxylic acid groups (broad SMARTS) is 1. The average Bonchev–Trinajstić information content (AvgIpc) is 3.26. The quantitative estimate of drug-likeness (QED) is 0.376. The number of aryl methyl sites for hydroxylation is 1. The lowest BCUT2D eigenvalue weighted by molar-refractivity contribution is 0.0603. The third kappa shape index (κ3) is 7.08. The van der Waals surface area contributed by atoms with Crippen LogP contribution in [-0.4, -0.2) is 87.6 Å². The topological polar surface area (TPSA) is 134 Å². The number of aromatic carboxylic acids is 1. The van der Waals surface area contributed by atoms with Gasteiger partial charge in [0.25, 0.3) is 5.91 Å². The van der Waals surface area contributed by atoms with Crippen LogP contribution in [0.3, 0.4) is 0 Å². The molecule has 0 bridgehead atoms. The molecule has 1 aliphatic rings. The van der Waals surface area contributed by atoms with Crippen molar-refractivity contribution in [2.75, 3.05) is 45.2 Å². The Hall–Kier alpha value is -3.05. The van der Waals surface area contributed by atoms with Crippen LogP contribution in [0.5, 0.6) is 0 Å². The second-order valence-corrected chi connectivity index (χ2v) is 11.4. The molecule has 0 saturated carbocycles. The monoisotopic (exact) mass is 529 g/mol. The molecule has 1 aliphatic heterocycles. The highest BCUT2D eigenvalue weighted by atomic mass is 16.5. The van der Waals surface area contributed by atoms with E-state index in [0.29, 0.717) is 62.1 Å². The van der Waals surface area contributed by atoms with E-state index in [1.165, 1.54) is 6.20 Å². The van der Waals surface area contributed by atoms with Gasteiger partial charge in [-0.05, 0) is 18.8 Å². The van der Waals surface area contributed by atoms with Crippen molar-refractivity contribution in [3.05, 3.63) is 35.0 Å². The maximum absolute atomic E-state index is 14.1. The van der Waals surface area contributed by atoms with Crippen molar-refractivity contribution in [3.8, 4) is 0 Å². The Morgan fingerprint density at radius 1 is 1.26 bits per heavy atom. The predicted octanol–water partition coefficient (Wildman–Crippen LogP) is 2.90. The summed E-state index contributed by atoms with van der Waals surface area (Å²) in [5.41, 5.74) is 1.04. The number of nitrogens with one attached hydrogen (secondary N) is 2. The van der Waals surface area contributed by atoms with E-state index in [2.05, 4.69) is 34.6 Å². The Balaban J connectivity index is 1.94. The van der Waals surface area contributed by atoms with Crippen LogP contribution in [0.1, 0.15) is 85.6 Å². The number of ether oxygens (including phenoxy) is 1. The van der Waals surface area contributed by atoms with E-state index in [9.17, 15) is 14.7 Å².